The van der Waals surface area contributed by atoms with Crippen molar-refractivity contribution in [3.05, 3.63) is 59.2 Å². The summed E-state index contributed by atoms with van der Waals surface area (Å²) < 4.78 is 5.36. The van der Waals surface area contributed by atoms with Crippen LogP contribution in [-0.4, -0.2) is 23.4 Å². The molecule has 0 radical (unpaired) electrons. The molecule has 0 amide bonds. The largest absolute Gasteiger partial charge is 0.508 e. The lowest BCUT2D eigenvalue weighted by Gasteiger charge is -2.08. The molecule has 0 aliphatic carbocycles. The lowest BCUT2D eigenvalue weighted by Crippen LogP contribution is -2.14. The Hall–Kier alpha value is -2.82. The second kappa shape index (κ2) is 8.15. The van der Waals surface area contributed by atoms with Crippen LogP contribution < -0.4 is 4.74 Å². The number of aromatic hydroxyl groups is 1. The molecule has 5 nitrogen and oxygen atoms in total. The summed E-state index contributed by atoms with van der Waals surface area (Å²) in [5.41, 5.74) is 3.74. The number of nitrogens with zero attached hydrogens (tertiary/aromatic N) is 1. The molecule has 2 aromatic carbocycles. The molecule has 5 heteroatoms. The van der Waals surface area contributed by atoms with E-state index < -0.39 is 5.97 Å². The Morgan fingerprint density at radius 2 is 1.83 bits per heavy atom. The summed E-state index contributed by atoms with van der Waals surface area (Å²) in [6.07, 6.45) is 0.617. The molecule has 0 unspecified atom stereocenters. The molecule has 126 valence electrons. The van der Waals surface area contributed by atoms with Gasteiger partial charge in [0.05, 0.1) is 5.71 Å². The van der Waals surface area contributed by atoms with Gasteiger partial charge in [-0.2, -0.15) is 0 Å². The maximum Gasteiger partial charge on any atom is 0.372 e. The fourth-order valence-electron chi connectivity index (χ4n) is 2.12. The van der Waals surface area contributed by atoms with Crippen molar-refractivity contribution in [1.29, 1.82) is 0 Å². The van der Waals surface area contributed by atoms with Gasteiger partial charge in [-0.1, -0.05) is 35.0 Å². The Morgan fingerprint density at radius 3 is 2.50 bits per heavy atom. The number of phenols is 1. The van der Waals surface area contributed by atoms with E-state index in [1.807, 2.05) is 31.2 Å². The van der Waals surface area contributed by atoms with E-state index in [-0.39, 0.29) is 12.4 Å². The zero-order valence-corrected chi connectivity index (χ0v) is 14.1. The minimum Gasteiger partial charge on any atom is -0.508 e. The van der Waals surface area contributed by atoms with Crippen LogP contribution in [0.4, 0.5) is 0 Å². The summed E-state index contributed by atoms with van der Waals surface area (Å²) in [5.74, 6) is 0.0922. The van der Waals surface area contributed by atoms with Crippen LogP contribution in [0.25, 0.3) is 0 Å². The van der Waals surface area contributed by atoms with Crippen LogP contribution in [0.15, 0.2) is 47.6 Å². The predicted molar refractivity (Wildman–Crippen MR) is 92.4 cm³/mol. The second-order valence-corrected chi connectivity index (χ2v) is 5.69. The first kappa shape index (κ1) is 17.5. The van der Waals surface area contributed by atoms with Crippen LogP contribution in [0, 0.1) is 13.8 Å². The number of hydrogen-bond acceptors (Lipinski definition) is 5. The van der Waals surface area contributed by atoms with E-state index in [4.69, 9.17) is 9.57 Å². The maximum atomic E-state index is 11.7. The van der Waals surface area contributed by atoms with Crippen molar-refractivity contribution in [2.24, 2.45) is 5.16 Å². The van der Waals surface area contributed by atoms with E-state index in [1.165, 1.54) is 11.6 Å². The molecule has 0 aromatic heterocycles. The van der Waals surface area contributed by atoms with E-state index in [1.54, 1.807) is 26.0 Å². The third-order valence-electron chi connectivity index (χ3n) is 3.39. The van der Waals surface area contributed by atoms with Gasteiger partial charge in [0.1, 0.15) is 11.5 Å². The fourth-order valence-corrected chi connectivity index (χ4v) is 2.12. The Bertz CT molecular complexity index is 736. The van der Waals surface area contributed by atoms with Gasteiger partial charge in [0.25, 0.3) is 0 Å². The highest BCUT2D eigenvalue weighted by molar-refractivity contribution is 5.84. The standard InChI is InChI=1S/C19H21NO4/c1-13-4-6-16(7-5-13)11-15(3)20-24-19(22)12-23-18-9-8-17(21)10-14(18)2/h4-10,21H,11-12H2,1-3H3/b20-15+. The first-order chi connectivity index (χ1) is 11.4. The summed E-state index contributed by atoms with van der Waals surface area (Å²) >= 11 is 0. The van der Waals surface area contributed by atoms with Gasteiger partial charge in [0, 0.05) is 6.42 Å². The lowest BCUT2D eigenvalue weighted by molar-refractivity contribution is -0.146. The van der Waals surface area contributed by atoms with Gasteiger partial charge in [0.2, 0.25) is 0 Å². The van der Waals surface area contributed by atoms with Gasteiger partial charge in [-0.15, -0.1) is 0 Å². The Kier molecular flexibility index (Phi) is 5.95. The number of carbonyl (C=O) groups is 1. The van der Waals surface area contributed by atoms with Crippen LogP contribution >= 0.6 is 0 Å². The zero-order chi connectivity index (χ0) is 17.5. The number of carbonyl (C=O) groups excluding carboxylic acids is 1. The smallest absolute Gasteiger partial charge is 0.372 e. The van der Waals surface area contributed by atoms with E-state index in [2.05, 4.69) is 5.16 Å². The van der Waals surface area contributed by atoms with Gasteiger partial charge in [0.15, 0.2) is 6.61 Å². The topological polar surface area (TPSA) is 68.1 Å². The van der Waals surface area contributed by atoms with Crippen molar-refractivity contribution in [3.8, 4) is 11.5 Å². The lowest BCUT2D eigenvalue weighted by atomic mass is 10.1. The molecule has 0 saturated carbocycles. The molecule has 2 aromatic rings. The molecule has 1 N–H and O–H groups in total. The molecule has 0 aliphatic rings. The van der Waals surface area contributed by atoms with E-state index in [0.29, 0.717) is 17.9 Å². The first-order valence-corrected chi connectivity index (χ1v) is 7.65. The summed E-state index contributed by atoms with van der Waals surface area (Å²) in [6, 6.07) is 12.8. The van der Waals surface area contributed by atoms with Gasteiger partial charge < -0.3 is 14.7 Å². The number of oxime groups is 1. The molecule has 0 bridgehead atoms. The molecule has 0 heterocycles. The van der Waals surface area contributed by atoms with Crippen molar-refractivity contribution < 1.29 is 19.5 Å². The van der Waals surface area contributed by atoms with Gasteiger partial charge in [-0.25, -0.2) is 4.79 Å². The van der Waals surface area contributed by atoms with Crippen molar-refractivity contribution >= 4 is 11.7 Å². The maximum absolute atomic E-state index is 11.7. The average molecular weight is 327 g/mol. The molecule has 24 heavy (non-hydrogen) atoms. The molecule has 0 fully saturated rings. The molecular weight excluding hydrogens is 306 g/mol. The van der Waals surface area contributed by atoms with Gasteiger partial charge in [-0.05, 0) is 50.1 Å². The molecule has 0 aliphatic heterocycles. The Morgan fingerprint density at radius 1 is 1.12 bits per heavy atom. The van der Waals surface area contributed by atoms with Crippen LogP contribution in [-0.2, 0) is 16.1 Å². The normalized spacial score (nSPS) is 11.2. The van der Waals surface area contributed by atoms with E-state index in [0.717, 1.165) is 11.1 Å². The first-order valence-electron chi connectivity index (χ1n) is 7.65. The fraction of sp³-hybridized carbons (Fsp3) is 0.263. The van der Waals surface area contributed by atoms with E-state index in [9.17, 15) is 9.90 Å². The van der Waals surface area contributed by atoms with Gasteiger partial charge >= 0.3 is 5.97 Å². The average Bonchev–Trinajstić information content (AvgIpc) is 2.54. The van der Waals surface area contributed by atoms with Crippen molar-refractivity contribution in [1.82, 2.24) is 0 Å². The molecule has 0 spiro atoms. The van der Waals surface area contributed by atoms with E-state index >= 15 is 0 Å². The van der Waals surface area contributed by atoms with Gasteiger partial charge in [-0.3, -0.25) is 0 Å². The third kappa shape index (κ3) is 5.43. The SMILES string of the molecule is C/C(Cc1ccc(C)cc1)=N\OC(=O)COc1ccc(O)cc1C. The third-order valence-corrected chi connectivity index (χ3v) is 3.39. The number of ether oxygens (including phenoxy) is 1. The summed E-state index contributed by atoms with van der Waals surface area (Å²) in [6.45, 7) is 5.37. The Balaban J connectivity index is 1.82. The number of rotatable bonds is 6. The second-order valence-electron chi connectivity index (χ2n) is 5.69. The van der Waals surface area contributed by atoms with Crippen LogP contribution in [0.3, 0.4) is 0 Å². The summed E-state index contributed by atoms with van der Waals surface area (Å²) in [5, 5.41) is 13.2. The number of aryl methyl sites for hydroxylation is 2. The van der Waals surface area contributed by atoms with Crippen molar-refractivity contribution in [2.75, 3.05) is 6.61 Å². The monoisotopic (exact) mass is 327 g/mol. The summed E-state index contributed by atoms with van der Waals surface area (Å²) in [4.78, 5) is 16.6. The van der Waals surface area contributed by atoms with Crippen LogP contribution in [0.2, 0.25) is 0 Å². The molecule has 0 atom stereocenters. The molecular formula is C19H21NO4. The molecule has 0 saturated heterocycles. The number of hydrogen-bond donors (Lipinski definition) is 1. The summed E-state index contributed by atoms with van der Waals surface area (Å²) in [7, 11) is 0. The predicted octanol–water partition coefficient (Wildman–Crippen LogP) is 3.55. The quantitative estimate of drug-likeness (QED) is 0.500. The minimum absolute atomic E-state index is 0.152. The number of phenolic OH excluding ortho intramolecular Hbond substituents is 1. The van der Waals surface area contributed by atoms with Crippen LogP contribution in [0.1, 0.15) is 23.6 Å². The zero-order valence-electron chi connectivity index (χ0n) is 14.1. The van der Waals surface area contributed by atoms with Crippen molar-refractivity contribution in [2.45, 2.75) is 27.2 Å². The van der Waals surface area contributed by atoms with Crippen LogP contribution in [0.5, 0.6) is 11.5 Å². The Labute approximate surface area is 141 Å². The number of benzene rings is 2. The minimum atomic E-state index is -0.578. The van der Waals surface area contributed by atoms with Crippen molar-refractivity contribution in [3.63, 3.8) is 0 Å². The highest BCUT2D eigenvalue weighted by Gasteiger charge is 2.07. The highest BCUT2D eigenvalue weighted by Crippen LogP contribution is 2.22. The molecule has 2 rings (SSSR count). The highest BCUT2D eigenvalue weighted by atomic mass is 16.7.